The maximum atomic E-state index is 11.6. The monoisotopic (exact) mass is 410 g/mol. The van der Waals surface area contributed by atoms with Crippen LogP contribution in [0, 0.1) is 0 Å². The van der Waals surface area contributed by atoms with Crippen molar-refractivity contribution in [3.05, 3.63) is 34.9 Å². The molecule has 7 nitrogen and oxygen atoms in total. The van der Waals surface area contributed by atoms with E-state index in [9.17, 15) is 14.0 Å². The van der Waals surface area contributed by atoms with Crippen molar-refractivity contribution < 1.29 is 33.1 Å². The topological polar surface area (TPSA) is 113 Å². The van der Waals surface area contributed by atoms with Crippen molar-refractivity contribution in [3.63, 3.8) is 0 Å². The van der Waals surface area contributed by atoms with Crippen molar-refractivity contribution in [2.24, 2.45) is 0 Å². The lowest BCUT2D eigenvalue weighted by molar-refractivity contribution is 0.167. The van der Waals surface area contributed by atoms with Gasteiger partial charge in [0.2, 0.25) is 0 Å². The van der Waals surface area contributed by atoms with Crippen LogP contribution in [0.5, 0.6) is 0 Å². The van der Waals surface area contributed by atoms with Gasteiger partial charge < -0.3 is 23.9 Å². The van der Waals surface area contributed by atoms with Gasteiger partial charge in [-0.05, 0) is 53.4 Å². The van der Waals surface area contributed by atoms with Crippen LogP contribution in [0.15, 0.2) is 34.9 Å². The first kappa shape index (κ1) is 25.5. The van der Waals surface area contributed by atoms with Crippen molar-refractivity contribution in [2.75, 3.05) is 19.3 Å². The molecular formula is C17H32O7P2. The second-order valence-corrected chi connectivity index (χ2v) is 9.90. The second kappa shape index (κ2) is 12.8. The third-order valence-corrected chi connectivity index (χ3v) is 4.92. The van der Waals surface area contributed by atoms with E-state index in [1.165, 1.54) is 11.1 Å². The molecule has 0 fully saturated rings. The molecule has 0 amide bonds. The number of allylic oxidation sites excluding steroid dienone is 5. The van der Waals surface area contributed by atoms with Gasteiger partial charge in [0.1, 0.15) is 12.7 Å². The number of ether oxygens (including phenoxy) is 1. The Bertz CT molecular complexity index is 598. The van der Waals surface area contributed by atoms with Gasteiger partial charge in [-0.2, -0.15) is 0 Å². The molecule has 0 aliphatic heterocycles. The van der Waals surface area contributed by atoms with Crippen LogP contribution in [0.3, 0.4) is 0 Å². The second-order valence-electron chi connectivity index (χ2n) is 6.52. The fraction of sp³-hybridized carbons (Fsp3) is 0.647. The lowest BCUT2D eigenvalue weighted by Gasteiger charge is -2.12. The van der Waals surface area contributed by atoms with Crippen LogP contribution < -0.4 is 0 Å². The molecule has 0 bridgehead atoms. The normalized spacial score (nSPS) is 15.7. The zero-order chi connectivity index (χ0) is 20.2. The molecule has 0 aromatic carbocycles. The van der Waals surface area contributed by atoms with Gasteiger partial charge in [-0.1, -0.05) is 34.9 Å². The Morgan fingerprint density at radius 3 is 1.92 bits per heavy atom. The predicted molar refractivity (Wildman–Crippen MR) is 104 cm³/mol. The van der Waals surface area contributed by atoms with Gasteiger partial charge in [0, 0.05) is 0 Å². The molecule has 1 unspecified atom stereocenters. The Labute approximate surface area is 156 Å². The number of rotatable bonds is 13. The molecule has 0 saturated carbocycles. The molecule has 0 radical (unpaired) electrons. The van der Waals surface area contributed by atoms with E-state index in [2.05, 4.69) is 37.7 Å². The third-order valence-electron chi connectivity index (χ3n) is 3.34. The van der Waals surface area contributed by atoms with Crippen LogP contribution >= 0.6 is 15.2 Å². The van der Waals surface area contributed by atoms with Crippen LogP contribution in [0.2, 0.25) is 0 Å². The molecule has 9 heteroatoms. The Morgan fingerprint density at radius 1 is 0.846 bits per heavy atom. The van der Waals surface area contributed by atoms with Crippen LogP contribution in [-0.4, -0.2) is 34.0 Å². The molecule has 3 N–H and O–H groups in total. The van der Waals surface area contributed by atoms with Gasteiger partial charge in [0.25, 0.3) is 0 Å². The molecule has 0 spiro atoms. The summed E-state index contributed by atoms with van der Waals surface area (Å²) >= 11 is 0. The number of hydrogen-bond acceptors (Lipinski definition) is 4. The molecule has 152 valence electrons. The fourth-order valence-corrected chi connectivity index (χ4v) is 3.12. The Balaban J connectivity index is 4.11. The molecule has 0 saturated heterocycles. The molecule has 0 aliphatic carbocycles. The summed E-state index contributed by atoms with van der Waals surface area (Å²) in [5.74, 6) is 0. The van der Waals surface area contributed by atoms with E-state index in [0.717, 1.165) is 31.3 Å². The zero-order valence-corrected chi connectivity index (χ0v) is 17.8. The smallest absolute Gasteiger partial charge is 0.353 e. The molecular weight excluding hydrogens is 378 g/mol. The van der Waals surface area contributed by atoms with Crippen LogP contribution in [0.25, 0.3) is 0 Å². The van der Waals surface area contributed by atoms with Gasteiger partial charge >= 0.3 is 15.2 Å². The first-order valence-corrected chi connectivity index (χ1v) is 12.0. The highest BCUT2D eigenvalue weighted by atomic mass is 31.2. The summed E-state index contributed by atoms with van der Waals surface area (Å²) in [5.41, 5.74) is 3.70. The third kappa shape index (κ3) is 16.9. The molecule has 1 atom stereocenters. The summed E-state index contributed by atoms with van der Waals surface area (Å²) in [7, 11) is -8.38. The highest BCUT2D eigenvalue weighted by Gasteiger charge is 2.22. The SMILES string of the molecule is CC(C)=CCCC(C)=CCCC(C)=CCOP(=O)(O)COCP(=O)(O)O. The fourth-order valence-electron chi connectivity index (χ4n) is 1.95. The van der Waals surface area contributed by atoms with Crippen molar-refractivity contribution in [2.45, 2.75) is 53.4 Å². The van der Waals surface area contributed by atoms with Crippen molar-refractivity contribution in [3.8, 4) is 0 Å². The maximum Gasteiger partial charge on any atom is 0.353 e. The molecule has 0 aliphatic rings. The van der Waals surface area contributed by atoms with E-state index in [4.69, 9.17) is 14.3 Å². The van der Waals surface area contributed by atoms with Crippen molar-refractivity contribution in [1.82, 2.24) is 0 Å². The van der Waals surface area contributed by atoms with Gasteiger partial charge in [-0.3, -0.25) is 9.13 Å². The first-order valence-electron chi connectivity index (χ1n) is 8.44. The summed E-state index contributed by atoms with van der Waals surface area (Å²) in [6, 6.07) is 0. The zero-order valence-electron chi connectivity index (χ0n) is 16.1. The van der Waals surface area contributed by atoms with Gasteiger partial charge in [0.05, 0.1) is 6.61 Å². The highest BCUT2D eigenvalue weighted by Crippen LogP contribution is 2.43. The van der Waals surface area contributed by atoms with Gasteiger partial charge in [0.15, 0.2) is 0 Å². The molecule has 0 aromatic rings. The van der Waals surface area contributed by atoms with E-state index in [1.807, 2.05) is 6.92 Å². The average molecular weight is 410 g/mol. The highest BCUT2D eigenvalue weighted by molar-refractivity contribution is 7.53. The van der Waals surface area contributed by atoms with Crippen LogP contribution in [-0.2, 0) is 18.4 Å². The Hall–Kier alpha value is -0.520. The predicted octanol–water partition coefficient (Wildman–Crippen LogP) is 4.72. The van der Waals surface area contributed by atoms with E-state index in [1.54, 1.807) is 6.08 Å². The minimum atomic E-state index is -4.36. The maximum absolute atomic E-state index is 11.6. The average Bonchev–Trinajstić information content (AvgIpc) is 2.44. The Morgan fingerprint density at radius 2 is 1.38 bits per heavy atom. The molecule has 0 rings (SSSR count). The van der Waals surface area contributed by atoms with E-state index >= 15 is 0 Å². The lowest BCUT2D eigenvalue weighted by atomic mass is 10.1. The summed E-state index contributed by atoms with van der Waals surface area (Å²) < 4.78 is 31.6. The Kier molecular flexibility index (Phi) is 12.5. The van der Waals surface area contributed by atoms with E-state index < -0.39 is 27.9 Å². The van der Waals surface area contributed by atoms with Gasteiger partial charge in [-0.25, -0.2) is 0 Å². The standard InChI is InChI=1S/C17H32O7P2/c1-15(2)7-5-8-16(3)9-6-10-17(4)11-12-24-26(21,22)14-23-13-25(18,19)20/h7,9,11H,5-6,8,10,12-14H2,1-4H3,(H,21,22)(H2,18,19,20). The first-order chi connectivity index (χ1) is 11.9. The largest absolute Gasteiger partial charge is 0.356 e. The van der Waals surface area contributed by atoms with Crippen LogP contribution in [0.4, 0.5) is 0 Å². The quantitative estimate of drug-likeness (QED) is 0.297. The minimum Gasteiger partial charge on any atom is -0.356 e. The van der Waals surface area contributed by atoms with Gasteiger partial charge in [-0.15, -0.1) is 0 Å². The van der Waals surface area contributed by atoms with Crippen molar-refractivity contribution >= 4 is 15.2 Å². The summed E-state index contributed by atoms with van der Waals surface area (Å²) in [5, 5.41) is 0. The molecule has 0 aromatic heterocycles. The number of hydrogen-bond donors (Lipinski definition) is 3. The molecule has 26 heavy (non-hydrogen) atoms. The summed E-state index contributed by atoms with van der Waals surface area (Å²) in [4.78, 5) is 26.7. The summed E-state index contributed by atoms with van der Waals surface area (Å²) in [6.07, 6.45) is 8.29. The summed E-state index contributed by atoms with van der Waals surface area (Å²) in [6.45, 7) is 8.15. The molecule has 0 heterocycles. The van der Waals surface area contributed by atoms with Crippen LogP contribution in [0.1, 0.15) is 53.4 Å². The van der Waals surface area contributed by atoms with Crippen molar-refractivity contribution in [1.29, 1.82) is 0 Å². The minimum absolute atomic E-state index is 0.0534. The van der Waals surface area contributed by atoms with E-state index in [-0.39, 0.29) is 6.61 Å². The lowest BCUT2D eigenvalue weighted by Crippen LogP contribution is -2.01. The van der Waals surface area contributed by atoms with E-state index in [0.29, 0.717) is 0 Å².